The molecule has 0 aromatic carbocycles. The molecule has 0 aromatic heterocycles. The molecule has 1 saturated heterocycles. The van der Waals surface area contributed by atoms with E-state index in [9.17, 15) is 4.79 Å². The number of amides is 1. The van der Waals surface area contributed by atoms with Crippen LogP contribution < -0.4 is 5.32 Å². The van der Waals surface area contributed by atoms with Gasteiger partial charge in [-0.1, -0.05) is 0 Å². The van der Waals surface area contributed by atoms with Crippen LogP contribution in [0.2, 0.25) is 0 Å². The Kier molecular flexibility index (Phi) is 2.05. The van der Waals surface area contributed by atoms with Crippen LogP contribution >= 0.6 is 0 Å². The molecule has 1 aliphatic carbocycles. The second-order valence-corrected chi connectivity index (χ2v) is 4.13. The Morgan fingerprint density at radius 2 is 2.17 bits per heavy atom. The third-order valence-corrected chi connectivity index (χ3v) is 2.60. The predicted molar refractivity (Wildman–Crippen MR) is 46.8 cm³/mol. The Balaban J connectivity index is 1.62. The monoisotopic (exact) mass is 168 g/mol. The van der Waals surface area contributed by atoms with E-state index in [1.807, 2.05) is 0 Å². The highest BCUT2D eigenvalue weighted by molar-refractivity contribution is 5.76. The Morgan fingerprint density at radius 3 is 2.67 bits per heavy atom. The number of carbonyl (C=O) groups is 1. The first-order chi connectivity index (χ1) is 5.74. The molecule has 0 aromatic rings. The summed E-state index contributed by atoms with van der Waals surface area (Å²) in [5, 5.41) is 3.04. The number of hydrogen-bond acceptors (Lipinski definition) is 2. The van der Waals surface area contributed by atoms with Crippen molar-refractivity contribution in [2.45, 2.75) is 25.3 Å². The SMILES string of the molecule is CN1CC(NC(=O)CC2CC2)C1. The first kappa shape index (κ1) is 8.05. The highest BCUT2D eigenvalue weighted by Crippen LogP contribution is 2.32. The van der Waals surface area contributed by atoms with Crippen molar-refractivity contribution >= 4 is 5.91 Å². The van der Waals surface area contributed by atoms with Crippen LogP contribution in [-0.2, 0) is 4.79 Å². The molecule has 1 heterocycles. The van der Waals surface area contributed by atoms with E-state index in [1.165, 1.54) is 12.8 Å². The summed E-state index contributed by atoms with van der Waals surface area (Å²) in [7, 11) is 2.07. The van der Waals surface area contributed by atoms with Crippen LogP contribution in [0.4, 0.5) is 0 Å². The molecule has 0 radical (unpaired) electrons. The van der Waals surface area contributed by atoms with Crippen LogP contribution in [0.1, 0.15) is 19.3 Å². The summed E-state index contributed by atoms with van der Waals surface area (Å²) < 4.78 is 0. The highest BCUT2D eigenvalue weighted by Gasteiger charge is 2.28. The zero-order valence-electron chi connectivity index (χ0n) is 7.55. The molecule has 1 aliphatic heterocycles. The molecular formula is C9H16N2O. The lowest BCUT2D eigenvalue weighted by molar-refractivity contribution is -0.123. The summed E-state index contributed by atoms with van der Waals surface area (Å²) in [6, 6.07) is 0.432. The number of rotatable bonds is 3. The first-order valence-electron chi connectivity index (χ1n) is 4.72. The van der Waals surface area contributed by atoms with Crippen molar-refractivity contribution < 1.29 is 4.79 Å². The molecule has 0 atom stereocenters. The zero-order chi connectivity index (χ0) is 8.55. The van der Waals surface area contributed by atoms with E-state index in [2.05, 4.69) is 17.3 Å². The van der Waals surface area contributed by atoms with Crippen molar-refractivity contribution in [1.82, 2.24) is 10.2 Å². The summed E-state index contributed by atoms with van der Waals surface area (Å²) in [6.45, 7) is 2.05. The lowest BCUT2D eigenvalue weighted by atomic mass is 10.1. The maximum Gasteiger partial charge on any atom is 0.220 e. The van der Waals surface area contributed by atoms with Crippen LogP contribution in [0.25, 0.3) is 0 Å². The third-order valence-electron chi connectivity index (χ3n) is 2.60. The van der Waals surface area contributed by atoms with Crippen molar-refractivity contribution in [3.05, 3.63) is 0 Å². The minimum atomic E-state index is 0.260. The quantitative estimate of drug-likeness (QED) is 0.653. The Labute approximate surface area is 73.1 Å². The lowest BCUT2D eigenvalue weighted by Gasteiger charge is -2.36. The molecule has 3 nitrogen and oxygen atoms in total. The molecule has 1 N–H and O–H groups in total. The summed E-state index contributed by atoms with van der Waals surface area (Å²) >= 11 is 0. The fourth-order valence-electron chi connectivity index (χ4n) is 1.66. The predicted octanol–water partition coefficient (Wildman–Crippen LogP) is 0.217. The van der Waals surface area contributed by atoms with Gasteiger partial charge in [0.15, 0.2) is 0 Å². The fourth-order valence-corrected chi connectivity index (χ4v) is 1.66. The molecule has 3 heteroatoms. The summed E-state index contributed by atoms with van der Waals surface area (Å²) in [5.74, 6) is 0.971. The fraction of sp³-hybridized carbons (Fsp3) is 0.889. The maximum absolute atomic E-state index is 11.3. The Bertz CT molecular complexity index is 183. The van der Waals surface area contributed by atoms with E-state index in [0.29, 0.717) is 12.0 Å². The zero-order valence-corrected chi connectivity index (χ0v) is 7.55. The molecule has 2 aliphatic rings. The van der Waals surface area contributed by atoms with Crippen LogP contribution in [0, 0.1) is 5.92 Å². The van der Waals surface area contributed by atoms with Gasteiger partial charge in [-0.15, -0.1) is 0 Å². The minimum absolute atomic E-state index is 0.260. The first-order valence-corrected chi connectivity index (χ1v) is 4.72. The van der Waals surface area contributed by atoms with E-state index < -0.39 is 0 Å². The summed E-state index contributed by atoms with van der Waals surface area (Å²) in [5.41, 5.74) is 0. The molecule has 1 saturated carbocycles. The van der Waals surface area contributed by atoms with Gasteiger partial charge in [-0.2, -0.15) is 0 Å². The molecule has 0 spiro atoms. The molecule has 0 unspecified atom stereocenters. The van der Waals surface area contributed by atoms with Crippen molar-refractivity contribution in [2.75, 3.05) is 20.1 Å². The van der Waals surface area contributed by atoms with Gasteiger partial charge in [-0.25, -0.2) is 0 Å². The van der Waals surface area contributed by atoms with Crippen LogP contribution in [0.5, 0.6) is 0 Å². The van der Waals surface area contributed by atoms with Crippen LogP contribution in [0.15, 0.2) is 0 Å². The van der Waals surface area contributed by atoms with E-state index in [1.54, 1.807) is 0 Å². The largest absolute Gasteiger partial charge is 0.351 e. The standard InChI is InChI=1S/C9H16N2O/c1-11-5-8(6-11)10-9(12)4-7-2-3-7/h7-8H,2-6H2,1H3,(H,10,12). The van der Waals surface area contributed by atoms with E-state index in [0.717, 1.165) is 19.5 Å². The number of likely N-dealkylation sites (tertiary alicyclic amines) is 1. The molecular weight excluding hydrogens is 152 g/mol. The number of carbonyl (C=O) groups excluding carboxylic acids is 1. The van der Waals surface area contributed by atoms with E-state index >= 15 is 0 Å². The van der Waals surface area contributed by atoms with Gasteiger partial charge >= 0.3 is 0 Å². The van der Waals surface area contributed by atoms with Gasteiger partial charge < -0.3 is 10.2 Å². The van der Waals surface area contributed by atoms with Crippen LogP contribution in [0.3, 0.4) is 0 Å². The topological polar surface area (TPSA) is 32.3 Å². The lowest BCUT2D eigenvalue weighted by Crippen LogP contribution is -2.57. The number of nitrogens with one attached hydrogen (secondary N) is 1. The molecule has 0 bridgehead atoms. The molecule has 2 fully saturated rings. The summed E-state index contributed by atoms with van der Waals surface area (Å²) in [4.78, 5) is 13.5. The van der Waals surface area contributed by atoms with Gasteiger partial charge in [0, 0.05) is 19.5 Å². The van der Waals surface area contributed by atoms with E-state index in [-0.39, 0.29) is 5.91 Å². The van der Waals surface area contributed by atoms with Gasteiger partial charge in [0.2, 0.25) is 5.91 Å². The van der Waals surface area contributed by atoms with Gasteiger partial charge in [-0.05, 0) is 25.8 Å². The molecule has 68 valence electrons. The van der Waals surface area contributed by atoms with Gasteiger partial charge in [0.1, 0.15) is 0 Å². The average molecular weight is 168 g/mol. The molecule has 12 heavy (non-hydrogen) atoms. The molecule has 2 rings (SSSR count). The Hall–Kier alpha value is -0.570. The average Bonchev–Trinajstić information content (AvgIpc) is 2.68. The van der Waals surface area contributed by atoms with Crippen molar-refractivity contribution in [1.29, 1.82) is 0 Å². The van der Waals surface area contributed by atoms with Gasteiger partial charge in [-0.3, -0.25) is 4.79 Å². The van der Waals surface area contributed by atoms with Gasteiger partial charge in [0.25, 0.3) is 0 Å². The smallest absolute Gasteiger partial charge is 0.220 e. The molecule has 1 amide bonds. The van der Waals surface area contributed by atoms with E-state index in [4.69, 9.17) is 0 Å². The van der Waals surface area contributed by atoms with Crippen LogP contribution in [-0.4, -0.2) is 37.0 Å². The number of hydrogen-bond donors (Lipinski definition) is 1. The van der Waals surface area contributed by atoms with Crippen molar-refractivity contribution in [3.63, 3.8) is 0 Å². The van der Waals surface area contributed by atoms with Crippen molar-refractivity contribution in [3.8, 4) is 0 Å². The Morgan fingerprint density at radius 1 is 1.50 bits per heavy atom. The second kappa shape index (κ2) is 3.05. The van der Waals surface area contributed by atoms with Gasteiger partial charge in [0.05, 0.1) is 6.04 Å². The number of likely N-dealkylation sites (N-methyl/N-ethyl adjacent to an activating group) is 1. The number of nitrogens with zero attached hydrogens (tertiary/aromatic N) is 1. The minimum Gasteiger partial charge on any atom is -0.351 e. The third kappa shape index (κ3) is 1.97. The normalized spacial score (nSPS) is 25.1. The highest BCUT2D eigenvalue weighted by atomic mass is 16.1. The maximum atomic E-state index is 11.3. The van der Waals surface area contributed by atoms with Crippen molar-refractivity contribution in [2.24, 2.45) is 5.92 Å². The second-order valence-electron chi connectivity index (χ2n) is 4.13. The summed E-state index contributed by atoms with van der Waals surface area (Å²) in [6.07, 6.45) is 3.29.